The molecule has 29 heavy (non-hydrogen) atoms. The minimum Gasteiger partial charge on any atom is -0.353 e. The zero-order chi connectivity index (χ0) is 21.1. The molecule has 0 saturated carbocycles. The van der Waals surface area contributed by atoms with E-state index in [-0.39, 0.29) is 24.3 Å². The molecule has 0 unspecified atom stereocenters. The molecule has 1 saturated heterocycles. The van der Waals surface area contributed by atoms with E-state index in [0.29, 0.717) is 36.8 Å². The van der Waals surface area contributed by atoms with Gasteiger partial charge in [0.25, 0.3) is 11.8 Å². The lowest BCUT2D eigenvalue weighted by Gasteiger charge is -2.26. The van der Waals surface area contributed by atoms with E-state index in [1.807, 2.05) is 32.0 Å². The van der Waals surface area contributed by atoms with Crippen molar-refractivity contribution in [2.24, 2.45) is 0 Å². The fourth-order valence-corrected chi connectivity index (χ4v) is 3.84. The third-order valence-corrected chi connectivity index (χ3v) is 5.22. The van der Waals surface area contributed by atoms with Crippen LogP contribution in [-0.4, -0.2) is 46.8 Å². The molecule has 2 heterocycles. The van der Waals surface area contributed by atoms with Crippen LogP contribution in [0.1, 0.15) is 57.6 Å². The predicted octanol–water partition coefficient (Wildman–Crippen LogP) is 2.19. The number of carbonyl (C=O) groups excluding carboxylic acids is 3. The standard InChI is InChI=1S/C22H28N4O3/c1-14(2)26-15(3)11-19(16(26)4)21(28)24-12-17-5-7-18(8-6-17)22(29)25-10-9-23-20(27)13-25/h5-8,11,14H,9-10,12-13H2,1-4H3,(H,23,27)(H,24,28). The van der Waals surface area contributed by atoms with E-state index in [1.165, 1.54) is 0 Å². The van der Waals surface area contributed by atoms with Crippen molar-refractivity contribution in [1.82, 2.24) is 20.1 Å². The first-order chi connectivity index (χ1) is 13.8. The van der Waals surface area contributed by atoms with Crippen LogP contribution in [0, 0.1) is 13.8 Å². The van der Waals surface area contributed by atoms with Crippen molar-refractivity contribution < 1.29 is 14.4 Å². The van der Waals surface area contributed by atoms with Crippen LogP contribution in [0.5, 0.6) is 0 Å². The van der Waals surface area contributed by atoms with E-state index in [4.69, 9.17) is 0 Å². The summed E-state index contributed by atoms with van der Waals surface area (Å²) in [7, 11) is 0. The van der Waals surface area contributed by atoms with Crippen LogP contribution in [0.4, 0.5) is 0 Å². The van der Waals surface area contributed by atoms with E-state index < -0.39 is 0 Å². The molecule has 1 aromatic heterocycles. The smallest absolute Gasteiger partial charge is 0.254 e. The quantitative estimate of drug-likeness (QED) is 0.813. The Hall–Kier alpha value is -3.09. The van der Waals surface area contributed by atoms with E-state index in [0.717, 1.165) is 17.0 Å². The van der Waals surface area contributed by atoms with Gasteiger partial charge < -0.3 is 20.1 Å². The zero-order valence-corrected chi connectivity index (χ0v) is 17.4. The molecule has 0 spiro atoms. The highest BCUT2D eigenvalue weighted by Gasteiger charge is 2.22. The first-order valence-electron chi connectivity index (χ1n) is 9.89. The van der Waals surface area contributed by atoms with Gasteiger partial charge in [-0.2, -0.15) is 0 Å². The minimum absolute atomic E-state index is 0.0887. The van der Waals surface area contributed by atoms with Crippen molar-refractivity contribution in [2.45, 2.75) is 40.3 Å². The summed E-state index contributed by atoms with van der Waals surface area (Å²) in [6.45, 7) is 9.62. The Labute approximate surface area is 171 Å². The van der Waals surface area contributed by atoms with Gasteiger partial charge in [-0.3, -0.25) is 14.4 Å². The van der Waals surface area contributed by atoms with Gasteiger partial charge >= 0.3 is 0 Å². The molecule has 7 heteroatoms. The van der Waals surface area contributed by atoms with Gasteiger partial charge in [-0.15, -0.1) is 0 Å². The Bertz CT molecular complexity index is 928. The second kappa shape index (κ2) is 8.51. The Morgan fingerprint density at radius 3 is 2.45 bits per heavy atom. The number of carbonyl (C=O) groups is 3. The van der Waals surface area contributed by atoms with Crippen LogP contribution in [0.2, 0.25) is 0 Å². The highest BCUT2D eigenvalue weighted by molar-refractivity contribution is 5.97. The van der Waals surface area contributed by atoms with Gasteiger partial charge in [-0.1, -0.05) is 12.1 Å². The normalized spacial score (nSPS) is 14.1. The maximum Gasteiger partial charge on any atom is 0.254 e. The number of hydrogen-bond acceptors (Lipinski definition) is 3. The SMILES string of the molecule is Cc1cc(C(=O)NCc2ccc(C(=O)N3CCNC(=O)C3)cc2)c(C)n1C(C)C. The highest BCUT2D eigenvalue weighted by Crippen LogP contribution is 2.20. The summed E-state index contributed by atoms with van der Waals surface area (Å²) in [6, 6.07) is 9.35. The Kier molecular flexibility index (Phi) is 6.06. The Morgan fingerprint density at radius 1 is 1.17 bits per heavy atom. The first-order valence-corrected chi connectivity index (χ1v) is 9.89. The van der Waals surface area contributed by atoms with Crippen LogP contribution in [0.15, 0.2) is 30.3 Å². The van der Waals surface area contributed by atoms with Crippen molar-refractivity contribution in [2.75, 3.05) is 19.6 Å². The fourth-order valence-electron chi connectivity index (χ4n) is 3.84. The molecule has 2 N–H and O–H groups in total. The largest absolute Gasteiger partial charge is 0.353 e. The van der Waals surface area contributed by atoms with Crippen molar-refractivity contribution in [1.29, 1.82) is 0 Å². The van der Waals surface area contributed by atoms with E-state index in [1.54, 1.807) is 17.0 Å². The minimum atomic E-state index is -0.156. The molecule has 2 aromatic rings. The molecule has 3 rings (SSSR count). The number of amides is 3. The van der Waals surface area contributed by atoms with Crippen molar-refractivity contribution in [3.8, 4) is 0 Å². The molecular weight excluding hydrogens is 368 g/mol. The van der Waals surface area contributed by atoms with Gasteiger partial charge in [0.1, 0.15) is 0 Å². The van der Waals surface area contributed by atoms with Crippen molar-refractivity contribution in [3.63, 3.8) is 0 Å². The number of piperazine rings is 1. The molecule has 0 radical (unpaired) electrons. The lowest BCUT2D eigenvalue weighted by atomic mass is 10.1. The monoisotopic (exact) mass is 396 g/mol. The molecular formula is C22H28N4O3. The summed E-state index contributed by atoms with van der Waals surface area (Å²) in [6.07, 6.45) is 0. The van der Waals surface area contributed by atoms with Gasteiger partial charge in [0.05, 0.1) is 12.1 Å². The Morgan fingerprint density at radius 2 is 1.86 bits per heavy atom. The Balaban J connectivity index is 1.62. The molecule has 7 nitrogen and oxygen atoms in total. The topological polar surface area (TPSA) is 83.4 Å². The van der Waals surface area contributed by atoms with E-state index >= 15 is 0 Å². The number of nitrogens with one attached hydrogen (secondary N) is 2. The average molecular weight is 396 g/mol. The van der Waals surface area contributed by atoms with Crippen LogP contribution < -0.4 is 10.6 Å². The lowest BCUT2D eigenvalue weighted by molar-refractivity contribution is -0.123. The number of aryl methyl sites for hydroxylation is 1. The van der Waals surface area contributed by atoms with Crippen LogP contribution >= 0.6 is 0 Å². The number of hydrogen-bond donors (Lipinski definition) is 2. The molecule has 1 aliphatic heterocycles. The predicted molar refractivity (Wildman–Crippen MR) is 111 cm³/mol. The van der Waals surface area contributed by atoms with E-state index in [2.05, 4.69) is 29.0 Å². The second-order valence-electron chi connectivity index (χ2n) is 7.70. The maximum atomic E-state index is 12.6. The molecule has 1 aromatic carbocycles. The summed E-state index contributed by atoms with van der Waals surface area (Å²) >= 11 is 0. The van der Waals surface area contributed by atoms with E-state index in [9.17, 15) is 14.4 Å². The molecule has 0 aliphatic carbocycles. The van der Waals surface area contributed by atoms with Gasteiger partial charge in [0, 0.05) is 42.6 Å². The summed E-state index contributed by atoms with van der Waals surface area (Å²) in [5.74, 6) is -0.401. The molecule has 154 valence electrons. The van der Waals surface area contributed by atoms with Crippen molar-refractivity contribution >= 4 is 17.7 Å². The number of benzene rings is 1. The highest BCUT2D eigenvalue weighted by atomic mass is 16.2. The summed E-state index contributed by atoms with van der Waals surface area (Å²) in [4.78, 5) is 38.1. The molecule has 0 bridgehead atoms. The second-order valence-corrected chi connectivity index (χ2v) is 7.70. The number of rotatable bonds is 5. The first kappa shape index (κ1) is 20.6. The molecule has 1 fully saturated rings. The van der Waals surface area contributed by atoms with Gasteiger partial charge in [-0.05, 0) is 51.5 Å². The fraction of sp³-hybridized carbons (Fsp3) is 0.409. The third kappa shape index (κ3) is 4.50. The molecule has 0 atom stereocenters. The lowest BCUT2D eigenvalue weighted by Crippen LogP contribution is -2.49. The zero-order valence-electron chi connectivity index (χ0n) is 17.4. The van der Waals surface area contributed by atoms with Crippen LogP contribution in [0.3, 0.4) is 0 Å². The van der Waals surface area contributed by atoms with Gasteiger partial charge in [-0.25, -0.2) is 0 Å². The number of nitrogens with zero attached hydrogens (tertiary/aromatic N) is 2. The average Bonchev–Trinajstić information content (AvgIpc) is 3.00. The number of aromatic nitrogens is 1. The van der Waals surface area contributed by atoms with Crippen LogP contribution in [0.25, 0.3) is 0 Å². The maximum absolute atomic E-state index is 12.6. The van der Waals surface area contributed by atoms with Gasteiger partial charge in [0.2, 0.25) is 5.91 Å². The summed E-state index contributed by atoms with van der Waals surface area (Å²) in [5, 5.41) is 5.66. The summed E-state index contributed by atoms with van der Waals surface area (Å²) in [5.41, 5.74) is 4.16. The van der Waals surface area contributed by atoms with Crippen molar-refractivity contribution in [3.05, 3.63) is 58.4 Å². The summed E-state index contributed by atoms with van der Waals surface area (Å²) < 4.78 is 2.15. The van der Waals surface area contributed by atoms with Gasteiger partial charge in [0.15, 0.2) is 0 Å². The molecule has 1 aliphatic rings. The van der Waals surface area contributed by atoms with Crippen LogP contribution in [-0.2, 0) is 11.3 Å². The molecule has 3 amide bonds. The third-order valence-electron chi connectivity index (χ3n) is 5.22.